The summed E-state index contributed by atoms with van der Waals surface area (Å²) in [4.78, 5) is 31.1. The molecule has 4 aliphatic rings. The van der Waals surface area contributed by atoms with Crippen LogP contribution in [0.25, 0.3) is 0 Å². The average molecular weight is 442 g/mol. The minimum absolute atomic E-state index is 0.0213. The summed E-state index contributed by atoms with van der Waals surface area (Å²) in [6, 6.07) is 9.46. The highest BCUT2D eigenvalue weighted by Gasteiger charge is 2.33. The second-order valence-corrected chi connectivity index (χ2v) is 9.78. The fraction of sp³-hybridized carbons (Fsp3) is 0.680. The monoisotopic (exact) mass is 441 g/mol. The van der Waals surface area contributed by atoms with Gasteiger partial charge in [-0.1, -0.05) is 24.3 Å². The SMILES string of the molecule is O=C(CN1CCOC1=O)N(CC1CCN(C2Cc3ccccc3C2)CC1)CC1CCCO1. The molecular formula is C25H35N3O4. The van der Waals surface area contributed by atoms with E-state index in [-0.39, 0.29) is 24.6 Å². The molecule has 0 aromatic heterocycles. The van der Waals surface area contributed by atoms with Crippen LogP contribution in [0.1, 0.15) is 36.8 Å². The first-order valence-corrected chi connectivity index (χ1v) is 12.3. The number of piperidine rings is 1. The molecule has 174 valence electrons. The van der Waals surface area contributed by atoms with E-state index in [1.165, 1.54) is 16.0 Å². The van der Waals surface area contributed by atoms with Crippen molar-refractivity contribution < 1.29 is 19.1 Å². The summed E-state index contributed by atoms with van der Waals surface area (Å²) in [6.45, 7) is 5.38. The Hall–Kier alpha value is -2.12. The molecule has 1 atom stereocenters. The molecule has 7 nitrogen and oxygen atoms in total. The zero-order valence-corrected chi connectivity index (χ0v) is 18.9. The number of hydrogen-bond donors (Lipinski definition) is 0. The van der Waals surface area contributed by atoms with Crippen molar-refractivity contribution >= 4 is 12.0 Å². The molecule has 1 aliphatic carbocycles. The predicted molar refractivity (Wildman–Crippen MR) is 120 cm³/mol. The fourth-order valence-electron chi connectivity index (χ4n) is 5.75. The van der Waals surface area contributed by atoms with Crippen LogP contribution in [0, 0.1) is 5.92 Å². The maximum Gasteiger partial charge on any atom is 0.410 e. The summed E-state index contributed by atoms with van der Waals surface area (Å²) in [5.74, 6) is 0.527. The Bertz CT molecular complexity index is 792. The topological polar surface area (TPSA) is 62.3 Å². The third-order valence-electron chi connectivity index (χ3n) is 7.65. The molecule has 0 bridgehead atoms. The standard InChI is InChI=1S/C25H35N3O4/c29-24(18-27-11-13-32-25(27)30)28(17-23-6-3-12-31-23)16-19-7-9-26(10-8-19)22-14-20-4-1-2-5-21(20)15-22/h1-2,4-5,19,22-23H,3,6-18H2. The van der Waals surface area contributed by atoms with E-state index in [1.807, 2.05) is 4.90 Å². The van der Waals surface area contributed by atoms with Gasteiger partial charge in [-0.05, 0) is 68.7 Å². The van der Waals surface area contributed by atoms with Gasteiger partial charge in [-0.2, -0.15) is 0 Å². The molecule has 0 N–H and O–H groups in total. The maximum absolute atomic E-state index is 13.1. The highest BCUT2D eigenvalue weighted by Crippen LogP contribution is 2.29. The molecule has 0 saturated carbocycles. The number of ether oxygens (including phenoxy) is 2. The van der Waals surface area contributed by atoms with Crippen molar-refractivity contribution in [2.24, 2.45) is 5.92 Å². The highest BCUT2D eigenvalue weighted by molar-refractivity contribution is 5.83. The van der Waals surface area contributed by atoms with Gasteiger partial charge in [-0.15, -0.1) is 0 Å². The summed E-state index contributed by atoms with van der Waals surface area (Å²) in [6.07, 6.45) is 6.39. The molecule has 7 heteroatoms. The van der Waals surface area contributed by atoms with Crippen LogP contribution in [0.3, 0.4) is 0 Å². The molecule has 0 spiro atoms. The van der Waals surface area contributed by atoms with Gasteiger partial charge < -0.3 is 14.4 Å². The Balaban J connectivity index is 1.15. The van der Waals surface area contributed by atoms with Gasteiger partial charge >= 0.3 is 6.09 Å². The Morgan fingerprint density at radius 2 is 1.75 bits per heavy atom. The Kier molecular flexibility index (Phi) is 6.64. The second kappa shape index (κ2) is 9.79. The zero-order valence-electron chi connectivity index (χ0n) is 18.9. The van der Waals surface area contributed by atoms with E-state index in [0.29, 0.717) is 31.7 Å². The Labute approximate surface area is 190 Å². The first-order chi connectivity index (χ1) is 15.7. The molecule has 1 aromatic rings. The minimum atomic E-state index is -0.374. The van der Waals surface area contributed by atoms with Crippen LogP contribution in [0.5, 0.6) is 0 Å². The number of benzene rings is 1. The molecule has 0 radical (unpaired) electrons. The van der Waals surface area contributed by atoms with Gasteiger partial charge in [0.05, 0.1) is 12.6 Å². The van der Waals surface area contributed by atoms with Gasteiger partial charge in [-0.25, -0.2) is 4.79 Å². The summed E-state index contributed by atoms with van der Waals surface area (Å²) >= 11 is 0. The molecule has 32 heavy (non-hydrogen) atoms. The van der Waals surface area contributed by atoms with E-state index in [0.717, 1.165) is 64.8 Å². The van der Waals surface area contributed by atoms with E-state index in [2.05, 4.69) is 29.2 Å². The number of carbonyl (C=O) groups is 2. The largest absolute Gasteiger partial charge is 0.448 e. The maximum atomic E-state index is 13.1. The number of carbonyl (C=O) groups excluding carboxylic acids is 2. The molecule has 3 aliphatic heterocycles. The molecule has 2 amide bonds. The Morgan fingerprint density at radius 3 is 2.38 bits per heavy atom. The number of fused-ring (bicyclic) bond motifs is 1. The van der Waals surface area contributed by atoms with Crippen LogP contribution in [-0.2, 0) is 27.1 Å². The third kappa shape index (κ3) is 4.94. The molecule has 1 aromatic carbocycles. The average Bonchev–Trinajstić information content (AvgIpc) is 3.55. The number of hydrogen-bond acceptors (Lipinski definition) is 5. The number of cyclic esters (lactones) is 1. The molecule has 5 rings (SSSR count). The van der Waals surface area contributed by atoms with Crippen molar-refractivity contribution in [1.82, 2.24) is 14.7 Å². The van der Waals surface area contributed by atoms with Crippen LogP contribution in [0.4, 0.5) is 4.79 Å². The van der Waals surface area contributed by atoms with Gasteiger partial charge in [0.1, 0.15) is 13.2 Å². The lowest BCUT2D eigenvalue weighted by Crippen LogP contribution is -2.48. The van der Waals surface area contributed by atoms with Crippen molar-refractivity contribution in [3.8, 4) is 0 Å². The van der Waals surface area contributed by atoms with Gasteiger partial charge in [0, 0.05) is 25.7 Å². The molecule has 1 unspecified atom stereocenters. The lowest BCUT2D eigenvalue weighted by molar-refractivity contribution is -0.134. The van der Waals surface area contributed by atoms with E-state index >= 15 is 0 Å². The first-order valence-electron chi connectivity index (χ1n) is 12.3. The smallest absolute Gasteiger partial charge is 0.410 e. The first kappa shape index (κ1) is 21.7. The summed E-state index contributed by atoms with van der Waals surface area (Å²) in [7, 11) is 0. The minimum Gasteiger partial charge on any atom is -0.448 e. The molecule has 3 saturated heterocycles. The van der Waals surface area contributed by atoms with Gasteiger partial charge in [0.15, 0.2) is 0 Å². The number of nitrogens with zero attached hydrogens (tertiary/aromatic N) is 3. The van der Waals surface area contributed by atoms with Gasteiger partial charge in [-0.3, -0.25) is 14.6 Å². The lowest BCUT2D eigenvalue weighted by atomic mass is 9.94. The predicted octanol–water partition coefficient (Wildman–Crippen LogP) is 2.33. The number of likely N-dealkylation sites (tertiary alicyclic amines) is 1. The van der Waals surface area contributed by atoms with Gasteiger partial charge in [0.25, 0.3) is 0 Å². The lowest BCUT2D eigenvalue weighted by Gasteiger charge is -2.38. The normalized spacial score (nSPS) is 24.7. The van der Waals surface area contributed by atoms with Crippen LogP contribution in [0.15, 0.2) is 24.3 Å². The number of amides is 2. The molecule has 3 fully saturated rings. The highest BCUT2D eigenvalue weighted by atomic mass is 16.6. The van der Waals surface area contributed by atoms with Crippen molar-refractivity contribution in [2.75, 3.05) is 52.5 Å². The quantitative estimate of drug-likeness (QED) is 0.650. The van der Waals surface area contributed by atoms with Crippen LogP contribution in [-0.4, -0.2) is 91.3 Å². The molecule has 3 heterocycles. The zero-order chi connectivity index (χ0) is 21.9. The third-order valence-corrected chi connectivity index (χ3v) is 7.65. The molecular weight excluding hydrogens is 406 g/mol. The van der Waals surface area contributed by atoms with Crippen molar-refractivity contribution in [3.63, 3.8) is 0 Å². The fourth-order valence-corrected chi connectivity index (χ4v) is 5.75. The van der Waals surface area contributed by atoms with Crippen LogP contribution in [0.2, 0.25) is 0 Å². The Morgan fingerprint density at radius 1 is 1.00 bits per heavy atom. The van der Waals surface area contributed by atoms with Crippen molar-refractivity contribution in [1.29, 1.82) is 0 Å². The van der Waals surface area contributed by atoms with Crippen LogP contribution < -0.4 is 0 Å². The van der Waals surface area contributed by atoms with Crippen LogP contribution >= 0.6 is 0 Å². The summed E-state index contributed by atoms with van der Waals surface area (Å²) < 4.78 is 10.8. The van der Waals surface area contributed by atoms with E-state index in [4.69, 9.17) is 9.47 Å². The van der Waals surface area contributed by atoms with Crippen molar-refractivity contribution in [2.45, 2.75) is 50.7 Å². The van der Waals surface area contributed by atoms with Gasteiger partial charge in [0.2, 0.25) is 5.91 Å². The van der Waals surface area contributed by atoms with E-state index < -0.39 is 0 Å². The van der Waals surface area contributed by atoms with E-state index in [9.17, 15) is 9.59 Å². The summed E-state index contributed by atoms with van der Waals surface area (Å²) in [5.41, 5.74) is 3.02. The van der Waals surface area contributed by atoms with Crippen molar-refractivity contribution in [3.05, 3.63) is 35.4 Å². The second-order valence-electron chi connectivity index (χ2n) is 9.78. The number of rotatable bonds is 7. The van der Waals surface area contributed by atoms with E-state index in [1.54, 1.807) is 0 Å². The summed E-state index contributed by atoms with van der Waals surface area (Å²) in [5, 5.41) is 0.